The Morgan fingerprint density at radius 1 is 0.350 bits per heavy atom. The maximum absolute atomic E-state index is 12.8. The maximum Gasteiger partial charge on any atom is 0.306 e. The normalized spacial score (nSPS) is 12.2. The van der Waals surface area contributed by atoms with Gasteiger partial charge in [0.05, 0.1) is 0 Å². The van der Waals surface area contributed by atoms with Crippen LogP contribution in [0, 0.1) is 0 Å². The number of carbonyl (C=O) groups is 3. The van der Waals surface area contributed by atoms with Crippen molar-refractivity contribution in [1.29, 1.82) is 0 Å². The van der Waals surface area contributed by atoms with E-state index < -0.39 is 6.10 Å². The Bertz CT molecular complexity index is 1020. The molecule has 60 heavy (non-hydrogen) atoms. The summed E-state index contributed by atoms with van der Waals surface area (Å²) < 4.78 is 16.7. The Hall–Kier alpha value is -2.37. The van der Waals surface area contributed by atoms with Crippen LogP contribution in [0.5, 0.6) is 0 Å². The van der Waals surface area contributed by atoms with Crippen LogP contribution in [0.2, 0.25) is 0 Å². The predicted molar refractivity (Wildman–Crippen MR) is 256 cm³/mol. The molecule has 0 fully saturated rings. The Labute approximate surface area is 372 Å². The van der Waals surface area contributed by atoms with Crippen LogP contribution in [0.4, 0.5) is 0 Å². The monoisotopic (exact) mass is 843 g/mol. The summed E-state index contributed by atoms with van der Waals surface area (Å²) in [5.41, 5.74) is 0. The third kappa shape index (κ3) is 46.7. The van der Waals surface area contributed by atoms with Gasteiger partial charge in [0.15, 0.2) is 6.10 Å². The number of carbonyl (C=O) groups excluding carboxylic acids is 3. The van der Waals surface area contributed by atoms with Gasteiger partial charge in [-0.2, -0.15) is 0 Å². The lowest BCUT2D eigenvalue weighted by Gasteiger charge is -2.18. The van der Waals surface area contributed by atoms with Crippen LogP contribution >= 0.6 is 0 Å². The van der Waals surface area contributed by atoms with Gasteiger partial charge in [-0.25, -0.2) is 0 Å². The molecule has 0 spiro atoms. The second-order valence-electron chi connectivity index (χ2n) is 17.4. The summed E-state index contributed by atoms with van der Waals surface area (Å²) in [7, 11) is 0. The van der Waals surface area contributed by atoms with Crippen molar-refractivity contribution in [3.63, 3.8) is 0 Å². The Morgan fingerprint density at radius 2 is 0.650 bits per heavy atom. The lowest BCUT2D eigenvalue weighted by atomic mass is 10.0. The van der Waals surface area contributed by atoms with E-state index in [4.69, 9.17) is 14.2 Å². The lowest BCUT2D eigenvalue weighted by Crippen LogP contribution is -2.30. The molecule has 0 aromatic carbocycles. The summed E-state index contributed by atoms with van der Waals surface area (Å²) in [6, 6.07) is 0. The van der Waals surface area contributed by atoms with Crippen molar-refractivity contribution in [3.8, 4) is 0 Å². The number of allylic oxidation sites excluding steroid dienone is 6. The van der Waals surface area contributed by atoms with Crippen LogP contribution in [-0.4, -0.2) is 37.2 Å². The van der Waals surface area contributed by atoms with Gasteiger partial charge in [-0.05, 0) is 44.9 Å². The quantitative estimate of drug-likeness (QED) is 0.0263. The van der Waals surface area contributed by atoms with E-state index in [1.807, 2.05) is 0 Å². The van der Waals surface area contributed by atoms with Gasteiger partial charge in [0, 0.05) is 19.3 Å². The molecule has 6 heteroatoms. The molecule has 0 saturated heterocycles. The van der Waals surface area contributed by atoms with Crippen molar-refractivity contribution in [2.45, 2.75) is 277 Å². The first kappa shape index (κ1) is 57.6. The highest BCUT2D eigenvalue weighted by atomic mass is 16.6. The number of unbranched alkanes of at least 4 members (excludes halogenated alkanes) is 30. The number of rotatable bonds is 47. The van der Waals surface area contributed by atoms with Gasteiger partial charge >= 0.3 is 17.9 Å². The fourth-order valence-electron chi connectivity index (χ4n) is 7.53. The van der Waals surface area contributed by atoms with E-state index >= 15 is 0 Å². The molecule has 0 aliphatic carbocycles. The van der Waals surface area contributed by atoms with Gasteiger partial charge in [-0.15, -0.1) is 0 Å². The third-order valence-electron chi connectivity index (χ3n) is 11.4. The van der Waals surface area contributed by atoms with Crippen LogP contribution in [0.3, 0.4) is 0 Å². The van der Waals surface area contributed by atoms with Gasteiger partial charge < -0.3 is 14.2 Å². The lowest BCUT2D eigenvalue weighted by molar-refractivity contribution is -0.167. The molecule has 0 bridgehead atoms. The topological polar surface area (TPSA) is 78.9 Å². The smallest absolute Gasteiger partial charge is 0.306 e. The average molecular weight is 843 g/mol. The van der Waals surface area contributed by atoms with Crippen molar-refractivity contribution in [2.24, 2.45) is 0 Å². The molecule has 1 atom stereocenters. The predicted octanol–water partition coefficient (Wildman–Crippen LogP) is 16.9. The summed E-state index contributed by atoms with van der Waals surface area (Å²) in [6.07, 6.45) is 57.2. The molecule has 0 amide bonds. The standard InChI is InChI=1S/C54H98O6/c1-4-7-10-13-16-19-22-24-25-26-27-28-29-30-33-35-38-41-44-47-53(56)59-50-51(49-58-52(55)46-43-40-37-34-31-21-18-15-12-9-6-3)60-54(57)48-45-42-39-36-32-23-20-17-14-11-8-5-2/h9,12,18,21,34,37,51H,4-8,10-11,13-17,19-20,22-33,35-36,38-50H2,1-3H3/b12-9-,21-18-,37-34-. The fraction of sp³-hybridized carbons (Fsp3) is 0.833. The number of ether oxygens (including phenoxy) is 3. The van der Waals surface area contributed by atoms with Crippen molar-refractivity contribution in [1.82, 2.24) is 0 Å². The zero-order valence-electron chi connectivity index (χ0n) is 40.0. The maximum atomic E-state index is 12.8. The first-order chi connectivity index (χ1) is 29.5. The second kappa shape index (κ2) is 49.3. The first-order valence-electron chi connectivity index (χ1n) is 26.0. The molecule has 0 aromatic heterocycles. The van der Waals surface area contributed by atoms with Crippen LogP contribution < -0.4 is 0 Å². The molecular formula is C54H98O6. The van der Waals surface area contributed by atoms with Crippen LogP contribution in [0.15, 0.2) is 36.5 Å². The highest BCUT2D eigenvalue weighted by molar-refractivity contribution is 5.71. The molecule has 0 aromatic rings. The van der Waals surface area contributed by atoms with Crippen molar-refractivity contribution in [2.75, 3.05) is 13.2 Å². The van der Waals surface area contributed by atoms with E-state index in [2.05, 4.69) is 57.2 Å². The molecule has 350 valence electrons. The highest BCUT2D eigenvalue weighted by Gasteiger charge is 2.19. The van der Waals surface area contributed by atoms with Gasteiger partial charge in [0.2, 0.25) is 0 Å². The summed E-state index contributed by atoms with van der Waals surface area (Å²) >= 11 is 0. The third-order valence-corrected chi connectivity index (χ3v) is 11.4. The average Bonchev–Trinajstić information content (AvgIpc) is 3.24. The van der Waals surface area contributed by atoms with Gasteiger partial charge in [-0.3, -0.25) is 14.4 Å². The van der Waals surface area contributed by atoms with Crippen LogP contribution in [0.25, 0.3) is 0 Å². The van der Waals surface area contributed by atoms with Crippen molar-refractivity contribution < 1.29 is 28.6 Å². The van der Waals surface area contributed by atoms with Gasteiger partial charge in [0.1, 0.15) is 13.2 Å². The largest absolute Gasteiger partial charge is 0.462 e. The number of esters is 3. The Balaban J connectivity index is 4.30. The van der Waals surface area contributed by atoms with Crippen LogP contribution in [0.1, 0.15) is 271 Å². The minimum atomic E-state index is -0.785. The SMILES string of the molecule is CC/C=C\C/C=C\C/C=C\CCCC(=O)OCC(COC(=O)CCCCCCCCCCCCCCCCCCCCC)OC(=O)CCCCCCCCCCCCCC. The minimum absolute atomic E-state index is 0.0834. The molecule has 0 saturated carbocycles. The second-order valence-corrected chi connectivity index (χ2v) is 17.4. The summed E-state index contributed by atoms with van der Waals surface area (Å²) in [4.78, 5) is 37.9. The molecule has 0 rings (SSSR count). The summed E-state index contributed by atoms with van der Waals surface area (Å²) in [5.74, 6) is -0.929. The van der Waals surface area contributed by atoms with Gasteiger partial charge in [-0.1, -0.05) is 243 Å². The molecular weight excluding hydrogens is 745 g/mol. The molecule has 0 N–H and O–H groups in total. The van der Waals surface area contributed by atoms with Crippen molar-refractivity contribution >= 4 is 17.9 Å². The molecule has 6 nitrogen and oxygen atoms in total. The zero-order chi connectivity index (χ0) is 43.7. The first-order valence-corrected chi connectivity index (χ1v) is 26.0. The molecule has 0 heterocycles. The summed E-state index contributed by atoms with van der Waals surface area (Å²) in [6.45, 7) is 6.50. The van der Waals surface area contributed by atoms with E-state index in [9.17, 15) is 14.4 Å². The molecule has 1 unspecified atom stereocenters. The van der Waals surface area contributed by atoms with Gasteiger partial charge in [0.25, 0.3) is 0 Å². The Kier molecular flexibility index (Phi) is 47.3. The fourth-order valence-corrected chi connectivity index (χ4v) is 7.53. The van der Waals surface area contributed by atoms with E-state index in [1.165, 1.54) is 161 Å². The van der Waals surface area contributed by atoms with Crippen molar-refractivity contribution in [3.05, 3.63) is 36.5 Å². The molecule has 0 aliphatic rings. The van der Waals surface area contributed by atoms with E-state index in [-0.39, 0.29) is 31.1 Å². The number of hydrogen-bond donors (Lipinski definition) is 0. The minimum Gasteiger partial charge on any atom is -0.462 e. The zero-order valence-corrected chi connectivity index (χ0v) is 40.0. The van der Waals surface area contributed by atoms with Crippen LogP contribution in [-0.2, 0) is 28.6 Å². The highest BCUT2D eigenvalue weighted by Crippen LogP contribution is 2.16. The number of hydrogen-bond acceptors (Lipinski definition) is 6. The molecule has 0 radical (unpaired) electrons. The summed E-state index contributed by atoms with van der Waals surface area (Å²) in [5, 5.41) is 0. The molecule has 0 aliphatic heterocycles. The van der Waals surface area contributed by atoms with E-state index in [1.54, 1.807) is 0 Å². The Morgan fingerprint density at radius 3 is 1.02 bits per heavy atom. The van der Waals surface area contributed by atoms with E-state index in [0.29, 0.717) is 25.7 Å². The van der Waals surface area contributed by atoms with E-state index in [0.717, 1.165) is 64.2 Å².